The van der Waals surface area contributed by atoms with E-state index in [0.717, 1.165) is 18.3 Å². The second-order valence-corrected chi connectivity index (χ2v) is 4.36. The molecule has 1 rings (SSSR count). The molecule has 0 aliphatic rings. The number of pyridine rings is 1. The molecule has 17 heavy (non-hydrogen) atoms. The molecule has 3 nitrogen and oxygen atoms in total. The Bertz CT molecular complexity index is 315. The Balaban J connectivity index is 2.41. The van der Waals surface area contributed by atoms with Gasteiger partial charge in [-0.2, -0.15) is 4.98 Å². The van der Waals surface area contributed by atoms with Crippen LogP contribution in [-0.4, -0.2) is 18.6 Å². The van der Waals surface area contributed by atoms with Crippen molar-refractivity contribution in [2.75, 3.05) is 19.0 Å². The molecule has 0 fully saturated rings. The van der Waals surface area contributed by atoms with Crippen LogP contribution in [0.25, 0.3) is 0 Å². The van der Waals surface area contributed by atoms with Crippen LogP contribution in [0.1, 0.15) is 39.5 Å². The number of anilines is 1. The molecule has 0 radical (unpaired) electrons. The lowest BCUT2D eigenvalue weighted by Gasteiger charge is -2.15. The van der Waals surface area contributed by atoms with Gasteiger partial charge in [0.2, 0.25) is 5.88 Å². The van der Waals surface area contributed by atoms with Gasteiger partial charge in [-0.05, 0) is 18.4 Å². The van der Waals surface area contributed by atoms with Crippen LogP contribution < -0.4 is 10.1 Å². The fourth-order valence-corrected chi connectivity index (χ4v) is 1.82. The summed E-state index contributed by atoms with van der Waals surface area (Å²) >= 11 is 0. The molecule has 0 saturated carbocycles. The van der Waals surface area contributed by atoms with Gasteiger partial charge in [-0.15, -0.1) is 0 Å². The maximum Gasteiger partial charge on any atom is 0.214 e. The molecule has 1 aromatic rings. The van der Waals surface area contributed by atoms with Crippen LogP contribution in [0, 0.1) is 5.92 Å². The first-order valence-electron chi connectivity index (χ1n) is 6.55. The van der Waals surface area contributed by atoms with E-state index < -0.39 is 0 Å². The van der Waals surface area contributed by atoms with Crippen molar-refractivity contribution in [2.24, 2.45) is 5.92 Å². The number of aromatic nitrogens is 1. The smallest absolute Gasteiger partial charge is 0.214 e. The number of ether oxygens (including phenoxy) is 1. The minimum absolute atomic E-state index is 0.664. The molecule has 0 aliphatic heterocycles. The highest BCUT2D eigenvalue weighted by Crippen LogP contribution is 2.15. The van der Waals surface area contributed by atoms with E-state index in [1.807, 2.05) is 18.2 Å². The average molecular weight is 236 g/mol. The Labute approximate surface area is 105 Å². The minimum atomic E-state index is 0.664. The van der Waals surface area contributed by atoms with Crippen molar-refractivity contribution in [1.82, 2.24) is 4.98 Å². The van der Waals surface area contributed by atoms with Crippen LogP contribution in [0.4, 0.5) is 5.82 Å². The Hall–Kier alpha value is -1.25. The standard InChI is InChI=1S/C14H24N2O/c1-4-6-8-12(5-2)11-15-13-9-7-10-14(16-13)17-3/h7,9-10,12H,4-6,8,11H2,1-3H3,(H,15,16). The summed E-state index contributed by atoms with van der Waals surface area (Å²) in [7, 11) is 1.64. The lowest BCUT2D eigenvalue weighted by Crippen LogP contribution is -2.14. The number of hydrogen-bond donors (Lipinski definition) is 1. The highest BCUT2D eigenvalue weighted by molar-refractivity contribution is 5.36. The fraction of sp³-hybridized carbons (Fsp3) is 0.643. The van der Waals surface area contributed by atoms with Crippen LogP contribution in [0.15, 0.2) is 18.2 Å². The first kappa shape index (κ1) is 13.8. The van der Waals surface area contributed by atoms with Crippen LogP contribution in [0.2, 0.25) is 0 Å². The topological polar surface area (TPSA) is 34.1 Å². The van der Waals surface area contributed by atoms with Gasteiger partial charge in [0.05, 0.1) is 7.11 Å². The van der Waals surface area contributed by atoms with Gasteiger partial charge in [-0.25, -0.2) is 0 Å². The van der Waals surface area contributed by atoms with E-state index in [0.29, 0.717) is 5.88 Å². The van der Waals surface area contributed by atoms with Gasteiger partial charge in [-0.1, -0.05) is 39.2 Å². The molecule has 1 aromatic heterocycles. The van der Waals surface area contributed by atoms with Crippen LogP contribution in [0.5, 0.6) is 5.88 Å². The van der Waals surface area contributed by atoms with E-state index >= 15 is 0 Å². The van der Waals surface area contributed by atoms with E-state index in [1.165, 1.54) is 25.7 Å². The Morgan fingerprint density at radius 3 is 2.82 bits per heavy atom. The quantitative estimate of drug-likeness (QED) is 0.747. The first-order valence-corrected chi connectivity index (χ1v) is 6.55. The zero-order valence-corrected chi connectivity index (χ0v) is 11.2. The summed E-state index contributed by atoms with van der Waals surface area (Å²) in [6.07, 6.45) is 5.10. The third-order valence-electron chi connectivity index (χ3n) is 3.05. The number of nitrogens with zero attached hydrogens (tertiary/aromatic N) is 1. The lowest BCUT2D eigenvalue weighted by molar-refractivity contribution is 0.398. The normalized spacial score (nSPS) is 12.2. The number of nitrogens with one attached hydrogen (secondary N) is 1. The molecule has 0 saturated heterocycles. The third kappa shape index (κ3) is 5.07. The predicted octanol–water partition coefficient (Wildman–Crippen LogP) is 3.72. The SMILES string of the molecule is CCCCC(CC)CNc1cccc(OC)n1. The van der Waals surface area contributed by atoms with Crippen molar-refractivity contribution in [3.8, 4) is 5.88 Å². The van der Waals surface area contributed by atoms with Gasteiger partial charge in [-0.3, -0.25) is 0 Å². The van der Waals surface area contributed by atoms with E-state index in [1.54, 1.807) is 7.11 Å². The maximum atomic E-state index is 5.10. The minimum Gasteiger partial charge on any atom is -0.481 e. The average Bonchev–Trinajstić information content (AvgIpc) is 2.39. The van der Waals surface area contributed by atoms with Crippen molar-refractivity contribution in [3.63, 3.8) is 0 Å². The Morgan fingerprint density at radius 1 is 1.35 bits per heavy atom. The van der Waals surface area contributed by atoms with Crippen molar-refractivity contribution >= 4 is 5.82 Å². The summed E-state index contributed by atoms with van der Waals surface area (Å²) < 4.78 is 5.10. The molecule has 1 atom stereocenters. The third-order valence-corrected chi connectivity index (χ3v) is 3.05. The second kappa shape index (κ2) is 7.93. The Morgan fingerprint density at radius 2 is 2.18 bits per heavy atom. The van der Waals surface area contributed by atoms with Crippen molar-refractivity contribution in [2.45, 2.75) is 39.5 Å². The van der Waals surface area contributed by atoms with Gasteiger partial charge in [0.1, 0.15) is 5.82 Å². The number of hydrogen-bond acceptors (Lipinski definition) is 3. The summed E-state index contributed by atoms with van der Waals surface area (Å²) in [5.74, 6) is 2.30. The Kier molecular flexibility index (Phi) is 6.45. The molecule has 0 aliphatic carbocycles. The molecule has 0 spiro atoms. The summed E-state index contributed by atoms with van der Waals surface area (Å²) in [6, 6.07) is 5.80. The molecular weight excluding hydrogens is 212 g/mol. The van der Waals surface area contributed by atoms with Crippen molar-refractivity contribution < 1.29 is 4.74 Å². The summed E-state index contributed by atoms with van der Waals surface area (Å²) in [5, 5.41) is 3.39. The summed E-state index contributed by atoms with van der Waals surface area (Å²) in [4.78, 5) is 4.34. The van der Waals surface area contributed by atoms with Gasteiger partial charge in [0.15, 0.2) is 0 Å². The van der Waals surface area contributed by atoms with Gasteiger partial charge in [0, 0.05) is 12.6 Å². The van der Waals surface area contributed by atoms with Gasteiger partial charge in [0.25, 0.3) is 0 Å². The van der Waals surface area contributed by atoms with Gasteiger partial charge < -0.3 is 10.1 Å². The zero-order valence-electron chi connectivity index (χ0n) is 11.2. The predicted molar refractivity (Wildman–Crippen MR) is 72.6 cm³/mol. The molecule has 1 N–H and O–H groups in total. The fourth-order valence-electron chi connectivity index (χ4n) is 1.82. The number of rotatable bonds is 8. The van der Waals surface area contributed by atoms with Crippen molar-refractivity contribution in [3.05, 3.63) is 18.2 Å². The highest BCUT2D eigenvalue weighted by atomic mass is 16.5. The highest BCUT2D eigenvalue weighted by Gasteiger charge is 2.06. The molecule has 0 amide bonds. The van der Waals surface area contributed by atoms with Gasteiger partial charge >= 0.3 is 0 Å². The summed E-state index contributed by atoms with van der Waals surface area (Å²) in [6.45, 7) is 5.49. The van der Waals surface area contributed by atoms with Crippen LogP contribution >= 0.6 is 0 Å². The van der Waals surface area contributed by atoms with Crippen LogP contribution in [0.3, 0.4) is 0 Å². The monoisotopic (exact) mass is 236 g/mol. The molecule has 3 heteroatoms. The van der Waals surface area contributed by atoms with E-state index in [9.17, 15) is 0 Å². The molecule has 0 aromatic carbocycles. The molecule has 1 heterocycles. The van der Waals surface area contributed by atoms with Crippen LogP contribution in [-0.2, 0) is 0 Å². The molecule has 1 unspecified atom stereocenters. The number of methoxy groups -OCH3 is 1. The molecule has 0 bridgehead atoms. The molecular formula is C14H24N2O. The largest absolute Gasteiger partial charge is 0.481 e. The molecule has 96 valence electrons. The van der Waals surface area contributed by atoms with E-state index in [-0.39, 0.29) is 0 Å². The second-order valence-electron chi connectivity index (χ2n) is 4.36. The summed E-state index contributed by atoms with van der Waals surface area (Å²) in [5.41, 5.74) is 0. The van der Waals surface area contributed by atoms with E-state index in [2.05, 4.69) is 24.1 Å². The lowest BCUT2D eigenvalue weighted by atomic mass is 9.99. The first-order chi connectivity index (χ1) is 8.30. The van der Waals surface area contributed by atoms with E-state index in [4.69, 9.17) is 4.74 Å². The zero-order chi connectivity index (χ0) is 12.5. The maximum absolute atomic E-state index is 5.10. The van der Waals surface area contributed by atoms with Crippen molar-refractivity contribution in [1.29, 1.82) is 0 Å². The number of unbranched alkanes of at least 4 members (excludes halogenated alkanes) is 1.